The molecular formula is C13H15Cl2N3O2. The van der Waals surface area contributed by atoms with E-state index in [0.717, 1.165) is 0 Å². The molecule has 2 rings (SSSR count). The van der Waals surface area contributed by atoms with Crippen molar-refractivity contribution in [1.29, 1.82) is 0 Å². The molecule has 7 heteroatoms. The summed E-state index contributed by atoms with van der Waals surface area (Å²) in [5.74, 6) is -0.178. The Balaban J connectivity index is 2.17. The van der Waals surface area contributed by atoms with Gasteiger partial charge in [-0.1, -0.05) is 23.2 Å². The van der Waals surface area contributed by atoms with Crippen molar-refractivity contribution < 1.29 is 9.59 Å². The number of hydrogen-bond donors (Lipinski definition) is 2. The van der Waals surface area contributed by atoms with Gasteiger partial charge < -0.3 is 15.5 Å². The number of urea groups is 1. The summed E-state index contributed by atoms with van der Waals surface area (Å²) in [5, 5.41) is 6.31. The average Bonchev–Trinajstić information content (AvgIpc) is 2.31. The van der Waals surface area contributed by atoms with Crippen LogP contribution in [0.5, 0.6) is 0 Å². The lowest BCUT2D eigenvalue weighted by Crippen LogP contribution is -2.64. The van der Waals surface area contributed by atoms with Crippen molar-refractivity contribution in [3.63, 3.8) is 0 Å². The van der Waals surface area contributed by atoms with Crippen molar-refractivity contribution in [1.82, 2.24) is 10.2 Å². The van der Waals surface area contributed by atoms with E-state index in [0.29, 0.717) is 28.8 Å². The molecule has 3 amide bonds. The van der Waals surface area contributed by atoms with E-state index in [2.05, 4.69) is 10.6 Å². The molecule has 0 unspecified atom stereocenters. The van der Waals surface area contributed by atoms with Gasteiger partial charge in [0.15, 0.2) is 0 Å². The minimum absolute atomic E-state index is 0.178. The molecule has 20 heavy (non-hydrogen) atoms. The second-order valence-corrected chi connectivity index (χ2v) is 5.93. The first kappa shape index (κ1) is 14.9. The molecule has 1 fully saturated rings. The van der Waals surface area contributed by atoms with Crippen LogP contribution in [0.1, 0.15) is 13.8 Å². The minimum atomic E-state index is -0.898. The fourth-order valence-corrected chi connectivity index (χ4v) is 2.60. The Morgan fingerprint density at radius 3 is 2.50 bits per heavy atom. The average molecular weight is 316 g/mol. The third kappa shape index (κ3) is 2.99. The topological polar surface area (TPSA) is 61.4 Å². The van der Waals surface area contributed by atoms with Gasteiger partial charge >= 0.3 is 6.03 Å². The number of rotatable bonds is 1. The molecule has 1 aliphatic rings. The van der Waals surface area contributed by atoms with Gasteiger partial charge in [0.25, 0.3) is 0 Å². The smallest absolute Gasteiger partial charge is 0.322 e. The Morgan fingerprint density at radius 2 is 1.90 bits per heavy atom. The summed E-state index contributed by atoms with van der Waals surface area (Å²) in [6.07, 6.45) is 0. The van der Waals surface area contributed by atoms with E-state index in [4.69, 9.17) is 23.2 Å². The number of anilines is 1. The minimum Gasteiger partial charge on any atom is -0.352 e. The lowest BCUT2D eigenvalue weighted by molar-refractivity contribution is -0.132. The highest BCUT2D eigenvalue weighted by atomic mass is 35.5. The van der Waals surface area contributed by atoms with Crippen molar-refractivity contribution in [3.8, 4) is 0 Å². The number of carbonyl (C=O) groups excluding carboxylic acids is 2. The zero-order valence-corrected chi connectivity index (χ0v) is 12.7. The van der Waals surface area contributed by atoms with E-state index in [9.17, 15) is 9.59 Å². The van der Waals surface area contributed by atoms with Crippen LogP contribution in [0, 0.1) is 0 Å². The summed E-state index contributed by atoms with van der Waals surface area (Å²) in [5.41, 5.74) is -0.403. The lowest BCUT2D eigenvalue weighted by Gasteiger charge is -2.40. The zero-order valence-electron chi connectivity index (χ0n) is 11.2. The molecule has 5 nitrogen and oxygen atoms in total. The number of hydrogen-bond acceptors (Lipinski definition) is 2. The molecule has 108 valence electrons. The molecule has 0 atom stereocenters. The molecule has 1 aromatic rings. The van der Waals surface area contributed by atoms with E-state index in [-0.39, 0.29) is 11.9 Å². The van der Waals surface area contributed by atoms with Crippen LogP contribution < -0.4 is 10.6 Å². The molecule has 2 N–H and O–H groups in total. The van der Waals surface area contributed by atoms with E-state index in [1.807, 2.05) is 0 Å². The number of piperazine rings is 1. The van der Waals surface area contributed by atoms with Crippen molar-refractivity contribution in [2.75, 3.05) is 18.4 Å². The third-order valence-electron chi connectivity index (χ3n) is 3.21. The quantitative estimate of drug-likeness (QED) is 0.837. The standard InChI is InChI=1S/C13H15Cl2N3O2/c1-13(2)11(19)16-3-4-18(13)12(20)17-10-6-8(14)5-9(15)7-10/h5-7H,3-4H2,1-2H3,(H,16,19)(H,17,20). The van der Waals surface area contributed by atoms with E-state index in [1.54, 1.807) is 32.0 Å². The van der Waals surface area contributed by atoms with Crippen LogP contribution in [-0.4, -0.2) is 35.5 Å². The first-order valence-corrected chi connectivity index (χ1v) is 6.89. The molecule has 0 aliphatic carbocycles. The van der Waals surface area contributed by atoms with Gasteiger partial charge in [-0.25, -0.2) is 4.79 Å². The van der Waals surface area contributed by atoms with Crippen LogP contribution in [0.25, 0.3) is 0 Å². The normalized spacial score (nSPS) is 17.6. The second-order valence-electron chi connectivity index (χ2n) is 5.05. The third-order valence-corrected chi connectivity index (χ3v) is 3.65. The van der Waals surface area contributed by atoms with Crippen molar-refractivity contribution in [3.05, 3.63) is 28.2 Å². The molecule has 0 aromatic heterocycles. The number of carbonyl (C=O) groups is 2. The predicted molar refractivity (Wildman–Crippen MR) is 79.3 cm³/mol. The van der Waals surface area contributed by atoms with Gasteiger partial charge in [0.1, 0.15) is 5.54 Å². The summed E-state index contributed by atoms with van der Waals surface area (Å²) >= 11 is 11.8. The monoisotopic (exact) mass is 315 g/mol. The number of nitrogens with zero attached hydrogens (tertiary/aromatic N) is 1. The van der Waals surface area contributed by atoms with Gasteiger partial charge in [-0.2, -0.15) is 0 Å². The first-order valence-electron chi connectivity index (χ1n) is 6.14. The first-order chi connectivity index (χ1) is 9.30. The number of nitrogens with one attached hydrogen (secondary N) is 2. The number of halogens is 2. The Morgan fingerprint density at radius 1 is 1.30 bits per heavy atom. The maximum absolute atomic E-state index is 12.3. The number of amides is 3. The molecule has 0 spiro atoms. The SMILES string of the molecule is CC1(C)C(=O)NCCN1C(=O)Nc1cc(Cl)cc(Cl)c1. The van der Waals surface area contributed by atoms with Crippen LogP contribution in [-0.2, 0) is 4.79 Å². The molecule has 0 saturated carbocycles. The highest BCUT2D eigenvalue weighted by Crippen LogP contribution is 2.24. The van der Waals surface area contributed by atoms with Crippen molar-refractivity contribution in [2.45, 2.75) is 19.4 Å². The van der Waals surface area contributed by atoms with E-state index >= 15 is 0 Å². The molecule has 1 aromatic carbocycles. The summed E-state index contributed by atoms with van der Waals surface area (Å²) < 4.78 is 0. The van der Waals surface area contributed by atoms with Crippen LogP contribution in [0.15, 0.2) is 18.2 Å². The lowest BCUT2D eigenvalue weighted by atomic mass is 9.99. The Kier molecular flexibility index (Phi) is 4.11. The predicted octanol–water partition coefficient (Wildman–Crippen LogP) is 2.74. The fraction of sp³-hybridized carbons (Fsp3) is 0.385. The summed E-state index contributed by atoms with van der Waals surface area (Å²) in [7, 11) is 0. The van der Waals surface area contributed by atoms with Gasteiger partial charge in [0, 0.05) is 28.8 Å². The summed E-state index contributed by atoms with van der Waals surface area (Å²) in [4.78, 5) is 25.6. The molecular weight excluding hydrogens is 301 g/mol. The maximum atomic E-state index is 12.3. The van der Waals surface area contributed by atoms with E-state index in [1.165, 1.54) is 4.90 Å². The molecule has 0 radical (unpaired) electrons. The molecule has 0 bridgehead atoms. The van der Waals surface area contributed by atoms with Crippen LogP contribution in [0.2, 0.25) is 10.0 Å². The van der Waals surface area contributed by atoms with Crippen LogP contribution in [0.4, 0.5) is 10.5 Å². The second kappa shape index (κ2) is 5.50. The Hall–Kier alpha value is -1.46. The zero-order chi connectivity index (χ0) is 14.9. The summed E-state index contributed by atoms with van der Waals surface area (Å²) in [6, 6.07) is 4.42. The van der Waals surface area contributed by atoms with Crippen molar-refractivity contribution in [2.24, 2.45) is 0 Å². The van der Waals surface area contributed by atoms with Gasteiger partial charge in [-0.05, 0) is 32.0 Å². The highest BCUT2D eigenvalue weighted by molar-refractivity contribution is 6.35. The van der Waals surface area contributed by atoms with Crippen molar-refractivity contribution >= 4 is 40.8 Å². The van der Waals surface area contributed by atoms with Gasteiger partial charge in [0.2, 0.25) is 5.91 Å². The van der Waals surface area contributed by atoms with Crippen LogP contribution in [0.3, 0.4) is 0 Å². The molecule has 1 aliphatic heterocycles. The highest BCUT2D eigenvalue weighted by Gasteiger charge is 2.40. The fourth-order valence-electron chi connectivity index (χ4n) is 2.07. The molecule has 1 heterocycles. The maximum Gasteiger partial charge on any atom is 0.322 e. The Labute approximate surface area is 127 Å². The van der Waals surface area contributed by atoms with Gasteiger partial charge in [-0.3, -0.25) is 4.79 Å². The van der Waals surface area contributed by atoms with Crippen LogP contribution >= 0.6 is 23.2 Å². The van der Waals surface area contributed by atoms with Gasteiger partial charge in [0.05, 0.1) is 0 Å². The Bertz CT molecular complexity index is 540. The summed E-state index contributed by atoms with van der Waals surface area (Å²) in [6.45, 7) is 4.28. The van der Waals surface area contributed by atoms with E-state index < -0.39 is 5.54 Å². The number of benzene rings is 1. The molecule has 1 saturated heterocycles. The van der Waals surface area contributed by atoms with Gasteiger partial charge in [-0.15, -0.1) is 0 Å². The largest absolute Gasteiger partial charge is 0.352 e.